The molecule has 1 fully saturated rings. The third-order valence-electron chi connectivity index (χ3n) is 4.02. The molecule has 0 saturated heterocycles. The summed E-state index contributed by atoms with van der Waals surface area (Å²) >= 11 is 0. The second kappa shape index (κ2) is 6.61. The second-order valence-electron chi connectivity index (χ2n) is 5.51. The van der Waals surface area contributed by atoms with Gasteiger partial charge in [0.2, 0.25) is 0 Å². The molecule has 0 bridgehead atoms. The van der Waals surface area contributed by atoms with Crippen molar-refractivity contribution in [3.05, 3.63) is 29.8 Å². The number of carboxylic acid groups (broad SMARTS) is 1. The molecule has 0 spiro atoms. The molecule has 5 heteroatoms. The van der Waals surface area contributed by atoms with E-state index in [1.54, 1.807) is 4.90 Å². The molecular formula is C16H22N2O3. The van der Waals surface area contributed by atoms with E-state index >= 15 is 0 Å². The molecule has 0 aromatic heterocycles. The maximum absolute atomic E-state index is 12.4. The average molecular weight is 290 g/mol. The lowest BCUT2D eigenvalue weighted by Gasteiger charge is -2.25. The SMILES string of the molecule is CCN(C(=O)NC1CCCC1C(=O)O)c1cccc(C)c1. The summed E-state index contributed by atoms with van der Waals surface area (Å²) in [6, 6.07) is 7.24. The molecule has 21 heavy (non-hydrogen) atoms. The summed E-state index contributed by atoms with van der Waals surface area (Å²) in [5, 5.41) is 12.1. The molecule has 114 valence electrons. The van der Waals surface area contributed by atoms with E-state index in [-0.39, 0.29) is 12.1 Å². The van der Waals surface area contributed by atoms with Crippen LogP contribution in [0.25, 0.3) is 0 Å². The van der Waals surface area contributed by atoms with Crippen LogP contribution in [-0.4, -0.2) is 29.7 Å². The number of carbonyl (C=O) groups excluding carboxylic acids is 1. The molecule has 1 aliphatic carbocycles. The van der Waals surface area contributed by atoms with E-state index < -0.39 is 11.9 Å². The Balaban J connectivity index is 2.09. The lowest BCUT2D eigenvalue weighted by Crippen LogP contribution is -2.47. The molecule has 5 nitrogen and oxygen atoms in total. The van der Waals surface area contributed by atoms with Gasteiger partial charge in [-0.2, -0.15) is 0 Å². The zero-order valence-electron chi connectivity index (χ0n) is 12.5. The van der Waals surface area contributed by atoms with Gasteiger partial charge in [-0.25, -0.2) is 4.79 Å². The third-order valence-corrected chi connectivity index (χ3v) is 4.02. The molecule has 2 rings (SSSR count). The largest absolute Gasteiger partial charge is 0.481 e. The summed E-state index contributed by atoms with van der Waals surface area (Å²) in [5.74, 6) is -1.29. The van der Waals surface area contributed by atoms with Crippen LogP contribution in [-0.2, 0) is 4.79 Å². The number of urea groups is 1. The van der Waals surface area contributed by atoms with Crippen LogP contribution < -0.4 is 10.2 Å². The van der Waals surface area contributed by atoms with Crippen molar-refractivity contribution in [2.45, 2.75) is 39.2 Å². The van der Waals surface area contributed by atoms with Gasteiger partial charge >= 0.3 is 12.0 Å². The lowest BCUT2D eigenvalue weighted by molar-refractivity contribution is -0.142. The Morgan fingerprint density at radius 1 is 1.38 bits per heavy atom. The van der Waals surface area contributed by atoms with Gasteiger partial charge in [0.1, 0.15) is 0 Å². The van der Waals surface area contributed by atoms with Crippen molar-refractivity contribution in [1.29, 1.82) is 0 Å². The van der Waals surface area contributed by atoms with Crippen LogP contribution >= 0.6 is 0 Å². The lowest BCUT2D eigenvalue weighted by atomic mass is 10.0. The number of hydrogen-bond donors (Lipinski definition) is 2. The van der Waals surface area contributed by atoms with Crippen LogP contribution in [0.3, 0.4) is 0 Å². The van der Waals surface area contributed by atoms with Gasteiger partial charge in [0.25, 0.3) is 0 Å². The van der Waals surface area contributed by atoms with Gasteiger partial charge in [-0.15, -0.1) is 0 Å². The Morgan fingerprint density at radius 2 is 2.14 bits per heavy atom. The van der Waals surface area contributed by atoms with E-state index in [0.29, 0.717) is 13.0 Å². The van der Waals surface area contributed by atoms with Gasteiger partial charge in [0, 0.05) is 18.3 Å². The van der Waals surface area contributed by atoms with Gasteiger partial charge in [0.15, 0.2) is 0 Å². The van der Waals surface area contributed by atoms with E-state index in [9.17, 15) is 14.7 Å². The Kier molecular flexibility index (Phi) is 4.83. The van der Waals surface area contributed by atoms with Gasteiger partial charge in [-0.1, -0.05) is 18.6 Å². The zero-order valence-corrected chi connectivity index (χ0v) is 12.5. The number of anilines is 1. The molecule has 0 heterocycles. The van der Waals surface area contributed by atoms with Crippen molar-refractivity contribution in [2.75, 3.05) is 11.4 Å². The first kappa shape index (κ1) is 15.4. The first-order valence-electron chi connectivity index (χ1n) is 7.40. The number of benzene rings is 1. The van der Waals surface area contributed by atoms with Crippen molar-refractivity contribution >= 4 is 17.7 Å². The molecule has 2 unspecified atom stereocenters. The van der Waals surface area contributed by atoms with E-state index in [0.717, 1.165) is 24.1 Å². The fourth-order valence-corrected chi connectivity index (χ4v) is 2.90. The highest BCUT2D eigenvalue weighted by Crippen LogP contribution is 2.26. The molecule has 0 radical (unpaired) electrons. The molecular weight excluding hydrogens is 268 g/mol. The standard InChI is InChI=1S/C16H22N2O3/c1-3-18(12-7-4-6-11(2)10-12)16(21)17-14-9-5-8-13(14)15(19)20/h4,6-7,10,13-14H,3,5,8-9H2,1-2H3,(H,17,21)(H,19,20). The summed E-state index contributed by atoms with van der Waals surface area (Å²) in [4.78, 5) is 25.3. The van der Waals surface area contributed by atoms with Crippen LogP contribution in [0.15, 0.2) is 24.3 Å². The van der Waals surface area contributed by atoms with E-state index in [1.807, 2.05) is 38.1 Å². The molecule has 1 aliphatic rings. The van der Waals surface area contributed by atoms with Crippen molar-refractivity contribution in [3.8, 4) is 0 Å². The number of carboxylic acids is 1. The normalized spacial score (nSPS) is 21.0. The summed E-state index contributed by atoms with van der Waals surface area (Å²) in [5.41, 5.74) is 1.92. The number of hydrogen-bond acceptors (Lipinski definition) is 2. The number of amides is 2. The van der Waals surface area contributed by atoms with E-state index in [4.69, 9.17) is 0 Å². The zero-order chi connectivity index (χ0) is 15.4. The minimum Gasteiger partial charge on any atom is -0.481 e. The van der Waals surface area contributed by atoms with E-state index in [2.05, 4.69) is 5.32 Å². The van der Waals surface area contributed by atoms with Crippen LogP contribution in [0.1, 0.15) is 31.7 Å². The van der Waals surface area contributed by atoms with Gasteiger partial charge in [-0.05, 0) is 44.4 Å². The third kappa shape index (κ3) is 3.54. The monoisotopic (exact) mass is 290 g/mol. The number of nitrogens with zero attached hydrogens (tertiary/aromatic N) is 1. The molecule has 1 aromatic carbocycles. The molecule has 0 aliphatic heterocycles. The molecule has 2 N–H and O–H groups in total. The van der Waals surface area contributed by atoms with Crippen LogP contribution in [0.2, 0.25) is 0 Å². The average Bonchev–Trinajstić information content (AvgIpc) is 2.88. The van der Waals surface area contributed by atoms with Crippen LogP contribution in [0.4, 0.5) is 10.5 Å². The summed E-state index contributed by atoms with van der Waals surface area (Å²) in [6.07, 6.45) is 2.21. The highest BCUT2D eigenvalue weighted by molar-refractivity contribution is 5.92. The summed E-state index contributed by atoms with van der Waals surface area (Å²) in [7, 11) is 0. The van der Waals surface area contributed by atoms with Crippen molar-refractivity contribution in [3.63, 3.8) is 0 Å². The number of aliphatic carboxylic acids is 1. The first-order valence-corrected chi connectivity index (χ1v) is 7.40. The second-order valence-corrected chi connectivity index (χ2v) is 5.51. The van der Waals surface area contributed by atoms with Crippen molar-refractivity contribution in [1.82, 2.24) is 5.32 Å². The topological polar surface area (TPSA) is 69.6 Å². The quantitative estimate of drug-likeness (QED) is 0.896. The minimum absolute atomic E-state index is 0.221. The van der Waals surface area contributed by atoms with Gasteiger partial charge < -0.3 is 10.4 Å². The molecule has 2 atom stereocenters. The Labute approximate surface area is 125 Å². The smallest absolute Gasteiger partial charge is 0.322 e. The maximum atomic E-state index is 12.4. The highest BCUT2D eigenvalue weighted by atomic mass is 16.4. The van der Waals surface area contributed by atoms with Crippen LogP contribution in [0, 0.1) is 12.8 Å². The number of nitrogens with one attached hydrogen (secondary N) is 1. The maximum Gasteiger partial charge on any atom is 0.322 e. The first-order chi connectivity index (χ1) is 10.0. The highest BCUT2D eigenvalue weighted by Gasteiger charge is 2.34. The predicted octanol–water partition coefficient (Wildman–Crippen LogP) is 2.78. The van der Waals surface area contributed by atoms with Crippen LogP contribution in [0.5, 0.6) is 0 Å². The van der Waals surface area contributed by atoms with Crippen molar-refractivity contribution < 1.29 is 14.7 Å². The van der Waals surface area contributed by atoms with Crippen molar-refractivity contribution in [2.24, 2.45) is 5.92 Å². The predicted molar refractivity (Wildman–Crippen MR) is 81.5 cm³/mol. The fraction of sp³-hybridized carbons (Fsp3) is 0.500. The molecule has 1 saturated carbocycles. The Bertz CT molecular complexity index is 530. The Hall–Kier alpha value is -2.04. The molecule has 1 aromatic rings. The van der Waals surface area contributed by atoms with Gasteiger partial charge in [-0.3, -0.25) is 9.69 Å². The number of aryl methyl sites for hydroxylation is 1. The minimum atomic E-state index is -0.823. The summed E-state index contributed by atoms with van der Waals surface area (Å²) < 4.78 is 0. The van der Waals surface area contributed by atoms with E-state index in [1.165, 1.54) is 0 Å². The Morgan fingerprint density at radius 3 is 2.76 bits per heavy atom. The molecule has 2 amide bonds. The number of carbonyl (C=O) groups is 2. The van der Waals surface area contributed by atoms with Gasteiger partial charge in [0.05, 0.1) is 5.92 Å². The fourth-order valence-electron chi connectivity index (χ4n) is 2.90. The number of rotatable bonds is 4. The summed E-state index contributed by atoms with van der Waals surface area (Å²) in [6.45, 7) is 4.43.